The number of benzene rings is 3. The van der Waals surface area contributed by atoms with E-state index in [4.69, 9.17) is 14.2 Å². The summed E-state index contributed by atoms with van der Waals surface area (Å²) in [6, 6.07) is 19.5. The molecule has 0 aromatic heterocycles. The number of hydrogen-bond acceptors (Lipinski definition) is 9. The summed E-state index contributed by atoms with van der Waals surface area (Å²) in [5, 5.41) is 9.96. The van der Waals surface area contributed by atoms with Gasteiger partial charge < -0.3 is 33.9 Å². The van der Waals surface area contributed by atoms with Crippen molar-refractivity contribution in [3.8, 4) is 11.5 Å². The molecule has 3 amide bonds. The van der Waals surface area contributed by atoms with E-state index in [1.165, 1.54) is 7.11 Å². The summed E-state index contributed by atoms with van der Waals surface area (Å²) in [5.41, 5.74) is 0.499. The van der Waals surface area contributed by atoms with Gasteiger partial charge in [0.2, 0.25) is 5.91 Å². The Labute approximate surface area is 310 Å². The van der Waals surface area contributed by atoms with Gasteiger partial charge in [0.25, 0.3) is 11.8 Å². The minimum atomic E-state index is -3.10. The van der Waals surface area contributed by atoms with Gasteiger partial charge in [0, 0.05) is 42.2 Å². The molecule has 4 aliphatic rings. The Kier molecular flexibility index (Phi) is 9.96. The van der Waals surface area contributed by atoms with Gasteiger partial charge in [-0.05, 0) is 81.2 Å². The summed E-state index contributed by atoms with van der Waals surface area (Å²) >= 11 is 0. The van der Waals surface area contributed by atoms with Crippen molar-refractivity contribution < 1.29 is 43.3 Å². The fourth-order valence-corrected chi connectivity index (χ4v) is 11.5. The fraction of sp³-hybridized carbons (Fsp3) is 0.450. The third kappa shape index (κ3) is 6.32. The van der Waals surface area contributed by atoms with Gasteiger partial charge in [-0.3, -0.25) is 24.1 Å². The van der Waals surface area contributed by atoms with E-state index in [1.807, 2.05) is 56.4 Å². The quantitative estimate of drug-likeness (QED) is 0.153. The zero-order valence-electron chi connectivity index (χ0n) is 30.6. The topological polar surface area (TPSA) is 146 Å². The van der Waals surface area contributed by atoms with E-state index in [-0.39, 0.29) is 49.2 Å². The highest BCUT2D eigenvalue weighted by molar-refractivity contribution is 6.71. The molecule has 0 bridgehead atoms. The van der Waals surface area contributed by atoms with Gasteiger partial charge in [-0.15, -0.1) is 0 Å². The first-order chi connectivity index (χ1) is 25.4. The van der Waals surface area contributed by atoms with Crippen LogP contribution in [-0.2, 0) is 29.5 Å². The highest BCUT2D eigenvalue weighted by Gasteiger charge is 2.66. The lowest BCUT2D eigenvalue weighted by atomic mass is 9.82. The number of carbonyl (C=O) groups excluding carboxylic acids is 4. The molecular weight excluding hydrogens is 695 g/mol. The van der Waals surface area contributed by atoms with Crippen LogP contribution in [0.5, 0.6) is 11.5 Å². The number of rotatable bonds is 10. The summed E-state index contributed by atoms with van der Waals surface area (Å²) in [7, 11) is -1.75. The number of anilines is 3. The van der Waals surface area contributed by atoms with Gasteiger partial charge in [-0.1, -0.05) is 31.2 Å². The van der Waals surface area contributed by atoms with Crippen LogP contribution >= 0.6 is 0 Å². The van der Waals surface area contributed by atoms with Crippen molar-refractivity contribution in [2.24, 2.45) is 5.92 Å². The normalized spacial score (nSPS) is 24.9. The van der Waals surface area contributed by atoms with E-state index in [1.54, 1.807) is 45.0 Å². The number of para-hydroxylation sites is 3. The summed E-state index contributed by atoms with van der Waals surface area (Å²) in [4.78, 5) is 71.9. The van der Waals surface area contributed by atoms with Crippen molar-refractivity contribution in [2.75, 3.05) is 36.6 Å². The van der Waals surface area contributed by atoms with Gasteiger partial charge in [0.05, 0.1) is 49.2 Å². The van der Waals surface area contributed by atoms with Gasteiger partial charge >= 0.3 is 5.97 Å². The Morgan fingerprint density at radius 1 is 1.00 bits per heavy atom. The maximum atomic E-state index is 15.0. The van der Waals surface area contributed by atoms with Crippen LogP contribution in [0, 0.1) is 5.92 Å². The minimum absolute atomic E-state index is 0.0439. The van der Waals surface area contributed by atoms with E-state index in [9.17, 15) is 24.3 Å². The van der Waals surface area contributed by atoms with Crippen molar-refractivity contribution in [3.63, 3.8) is 0 Å². The Morgan fingerprint density at radius 3 is 2.47 bits per heavy atom. The smallest absolute Gasteiger partial charge is 0.305 e. The molecule has 2 saturated heterocycles. The van der Waals surface area contributed by atoms with Gasteiger partial charge in [-0.2, -0.15) is 0 Å². The molecule has 12 nitrogen and oxygen atoms in total. The van der Waals surface area contributed by atoms with E-state index < -0.39 is 31.5 Å². The molecule has 0 saturated carbocycles. The number of hydrogen-bond donors (Lipinski definition) is 2. The molecule has 1 spiro atoms. The van der Waals surface area contributed by atoms with Crippen LogP contribution in [0.2, 0.25) is 18.6 Å². The molecule has 53 heavy (non-hydrogen) atoms. The fourth-order valence-electron chi connectivity index (χ4n) is 8.98. The van der Waals surface area contributed by atoms with E-state index >= 15 is 4.79 Å². The average molecular weight is 742 g/mol. The second-order valence-corrected chi connectivity index (χ2v) is 19.0. The number of aliphatic hydroxyl groups excluding tert-OH is 1. The number of esters is 1. The van der Waals surface area contributed by atoms with Crippen molar-refractivity contribution >= 4 is 49.1 Å². The standard InChI is InChI=1S/C40H47N3O9Si/c1-25-37(53(3,4)49)34(23-35(45)41-21-11-12-27(41)24-44)52-40(25)29-22-26(18-19-30(29)42(39(40)48)20-10-9-17-36(46)50-2)43-31-14-6-8-16-33(31)51-32-15-7-5-13-28(32)38(43)47/h5-8,13-16,18-19,22,25,27,34,37,44,49H,9-12,17,20-21,23-24H2,1-4H3/t25-,27-,34+,37-,40+/m0/s1. The van der Waals surface area contributed by atoms with Crippen molar-refractivity contribution in [1.29, 1.82) is 0 Å². The molecule has 0 radical (unpaired) electrons. The molecule has 2 fully saturated rings. The zero-order chi connectivity index (χ0) is 37.7. The number of methoxy groups -OCH3 is 1. The summed E-state index contributed by atoms with van der Waals surface area (Å²) < 4.78 is 18.0. The zero-order valence-corrected chi connectivity index (χ0v) is 31.6. The number of fused-ring (bicyclic) bond motifs is 4. The molecule has 4 heterocycles. The first kappa shape index (κ1) is 36.8. The summed E-state index contributed by atoms with van der Waals surface area (Å²) in [6.45, 7) is 6.24. The highest BCUT2D eigenvalue weighted by atomic mass is 28.4. The molecule has 5 atom stereocenters. The lowest BCUT2D eigenvalue weighted by molar-refractivity contribution is -0.150. The van der Waals surface area contributed by atoms with Crippen LogP contribution in [0.25, 0.3) is 0 Å². The van der Waals surface area contributed by atoms with Crippen molar-refractivity contribution in [1.82, 2.24) is 4.90 Å². The molecule has 13 heteroatoms. The number of nitrogens with zero attached hydrogens (tertiary/aromatic N) is 3. The third-order valence-corrected chi connectivity index (χ3v) is 13.9. The van der Waals surface area contributed by atoms with E-state index in [0.29, 0.717) is 72.0 Å². The number of ether oxygens (including phenoxy) is 3. The number of unbranched alkanes of at least 4 members (excludes halogenated alkanes) is 1. The van der Waals surface area contributed by atoms with Gasteiger partial charge in [-0.25, -0.2) is 0 Å². The maximum Gasteiger partial charge on any atom is 0.305 e. The van der Waals surface area contributed by atoms with Gasteiger partial charge in [0.1, 0.15) is 5.75 Å². The SMILES string of the molecule is COC(=O)CCCCN1C(=O)[C@]2(O[C@H](CC(=O)N3CCC[C@H]3CO)[C@@H]([Si](C)(C)O)[C@@H]2C)c2cc(N3C(=O)c4ccccc4Oc4ccccc43)ccc21. The van der Waals surface area contributed by atoms with E-state index in [2.05, 4.69) is 0 Å². The predicted octanol–water partition coefficient (Wildman–Crippen LogP) is 5.63. The lowest BCUT2D eigenvalue weighted by Gasteiger charge is -2.33. The third-order valence-electron chi connectivity index (χ3n) is 11.4. The molecule has 0 unspecified atom stereocenters. The second-order valence-electron chi connectivity index (χ2n) is 15.0. The Morgan fingerprint density at radius 2 is 1.74 bits per heavy atom. The molecule has 3 aromatic rings. The van der Waals surface area contributed by atoms with Crippen molar-refractivity contribution in [3.05, 3.63) is 77.9 Å². The molecule has 4 aliphatic heterocycles. The molecule has 0 aliphatic carbocycles. The lowest BCUT2D eigenvalue weighted by Crippen LogP contribution is -2.46. The number of carbonyl (C=O) groups is 4. The monoisotopic (exact) mass is 741 g/mol. The minimum Gasteiger partial charge on any atom is -0.469 e. The number of likely N-dealkylation sites (tertiary alicyclic amines) is 1. The van der Waals surface area contributed by atoms with E-state index in [0.717, 1.165) is 6.42 Å². The van der Waals surface area contributed by atoms with Crippen LogP contribution < -0.4 is 14.5 Å². The first-order valence-corrected chi connectivity index (χ1v) is 21.5. The van der Waals surface area contributed by atoms with Crippen LogP contribution in [0.4, 0.5) is 17.1 Å². The van der Waals surface area contributed by atoms with Crippen LogP contribution in [0.1, 0.15) is 61.4 Å². The summed E-state index contributed by atoms with van der Waals surface area (Å²) in [5.74, 6) is -0.743. The molecule has 2 N–H and O–H groups in total. The first-order valence-electron chi connectivity index (χ1n) is 18.4. The second kappa shape index (κ2) is 14.3. The van der Waals surface area contributed by atoms with Crippen LogP contribution in [0.15, 0.2) is 66.7 Å². The highest BCUT2D eigenvalue weighted by Crippen LogP contribution is 2.60. The summed E-state index contributed by atoms with van der Waals surface area (Å²) in [6.07, 6.45) is 1.92. The van der Waals surface area contributed by atoms with Crippen LogP contribution in [0.3, 0.4) is 0 Å². The molecule has 3 aromatic carbocycles. The molecule has 280 valence electrons. The molecule has 7 rings (SSSR count). The van der Waals surface area contributed by atoms with Crippen LogP contribution in [-0.4, -0.2) is 85.8 Å². The largest absolute Gasteiger partial charge is 0.469 e. The Balaban J connectivity index is 1.33. The maximum absolute atomic E-state index is 15.0. The number of aliphatic hydroxyl groups is 1. The van der Waals surface area contributed by atoms with Crippen molar-refractivity contribution in [2.45, 2.75) is 81.8 Å². The predicted molar refractivity (Wildman–Crippen MR) is 200 cm³/mol. The Hall–Kier alpha value is -4.56. The Bertz CT molecular complexity index is 1930. The number of amides is 3. The molecular formula is C40H47N3O9Si. The average Bonchev–Trinajstić information content (AvgIpc) is 3.78. The van der Waals surface area contributed by atoms with Gasteiger partial charge in [0.15, 0.2) is 19.7 Å².